The quantitative estimate of drug-likeness (QED) is 0.851. The molecule has 6 heteroatoms. The molecule has 0 amide bonds. The van der Waals surface area contributed by atoms with E-state index in [0.29, 0.717) is 27.2 Å². The second-order valence-electron chi connectivity index (χ2n) is 3.57. The minimum absolute atomic E-state index is 0.386. The van der Waals surface area contributed by atoms with Crippen LogP contribution in [0.4, 0.5) is 11.5 Å². The first-order valence-corrected chi connectivity index (χ1v) is 5.81. The van der Waals surface area contributed by atoms with E-state index in [1.54, 1.807) is 18.2 Å². The van der Waals surface area contributed by atoms with Crippen LogP contribution in [0.25, 0.3) is 0 Å². The van der Waals surface area contributed by atoms with Crippen LogP contribution in [0, 0.1) is 18.3 Å². The molecule has 2 aromatic rings. The van der Waals surface area contributed by atoms with Crippen molar-refractivity contribution in [3.05, 3.63) is 45.8 Å². The van der Waals surface area contributed by atoms with Crippen molar-refractivity contribution in [2.45, 2.75) is 6.92 Å². The average Bonchev–Trinajstić information content (AvgIpc) is 2.37. The van der Waals surface area contributed by atoms with Crippen molar-refractivity contribution in [1.29, 1.82) is 5.26 Å². The highest BCUT2D eigenvalue weighted by Crippen LogP contribution is 2.28. The van der Waals surface area contributed by atoms with Crippen LogP contribution in [0.2, 0.25) is 10.2 Å². The third-order valence-electron chi connectivity index (χ3n) is 2.37. The molecule has 0 saturated heterocycles. The molecular formula is C12H8Cl2N4. The highest BCUT2D eigenvalue weighted by Gasteiger charge is 2.07. The van der Waals surface area contributed by atoms with Crippen LogP contribution in [-0.4, -0.2) is 9.97 Å². The second-order valence-corrected chi connectivity index (χ2v) is 4.33. The summed E-state index contributed by atoms with van der Waals surface area (Å²) in [5, 5.41) is 12.6. The van der Waals surface area contributed by atoms with Gasteiger partial charge in [-0.25, -0.2) is 9.97 Å². The first kappa shape index (κ1) is 12.6. The molecular weight excluding hydrogens is 271 g/mol. The summed E-state index contributed by atoms with van der Waals surface area (Å²) < 4.78 is 0. The number of benzene rings is 1. The van der Waals surface area contributed by atoms with E-state index < -0.39 is 0 Å². The van der Waals surface area contributed by atoms with Crippen LogP contribution in [0.5, 0.6) is 0 Å². The zero-order valence-corrected chi connectivity index (χ0v) is 10.9. The predicted octanol–water partition coefficient (Wildman–Crippen LogP) is 3.71. The minimum atomic E-state index is 0.386. The topological polar surface area (TPSA) is 61.6 Å². The molecule has 0 unspecified atom stereocenters. The summed E-state index contributed by atoms with van der Waals surface area (Å²) in [6.45, 7) is 1.81. The Morgan fingerprint density at radius 1 is 1.28 bits per heavy atom. The van der Waals surface area contributed by atoms with Crippen molar-refractivity contribution in [2.75, 3.05) is 5.32 Å². The van der Waals surface area contributed by atoms with Crippen LogP contribution >= 0.6 is 23.2 Å². The van der Waals surface area contributed by atoms with E-state index in [-0.39, 0.29) is 0 Å². The molecule has 0 saturated carbocycles. The van der Waals surface area contributed by atoms with Crippen LogP contribution in [0.3, 0.4) is 0 Å². The van der Waals surface area contributed by atoms with Gasteiger partial charge in [0.05, 0.1) is 22.3 Å². The number of rotatable bonds is 2. The molecule has 0 atom stereocenters. The summed E-state index contributed by atoms with van der Waals surface area (Å²) in [5.41, 5.74) is 1.90. The lowest BCUT2D eigenvalue weighted by Gasteiger charge is -2.10. The maximum Gasteiger partial charge on any atom is 0.138 e. The van der Waals surface area contributed by atoms with E-state index in [4.69, 9.17) is 28.5 Å². The minimum Gasteiger partial charge on any atom is -0.339 e. The maximum atomic E-state index is 8.76. The van der Waals surface area contributed by atoms with Gasteiger partial charge in [0, 0.05) is 5.56 Å². The zero-order chi connectivity index (χ0) is 13.1. The van der Waals surface area contributed by atoms with E-state index in [0.717, 1.165) is 5.56 Å². The maximum absolute atomic E-state index is 8.76. The summed E-state index contributed by atoms with van der Waals surface area (Å²) in [5.74, 6) is 0.585. The van der Waals surface area contributed by atoms with E-state index in [9.17, 15) is 0 Å². The predicted molar refractivity (Wildman–Crippen MR) is 71.2 cm³/mol. The number of nitrogens with one attached hydrogen (secondary N) is 1. The Labute approximate surface area is 114 Å². The Bertz CT molecular complexity index is 634. The molecule has 1 N–H and O–H groups in total. The molecule has 0 bridgehead atoms. The summed E-state index contributed by atoms with van der Waals surface area (Å²) in [6.07, 6.45) is 1.37. The summed E-state index contributed by atoms with van der Waals surface area (Å²) >= 11 is 12.0. The van der Waals surface area contributed by atoms with Crippen molar-refractivity contribution in [1.82, 2.24) is 9.97 Å². The van der Waals surface area contributed by atoms with E-state index >= 15 is 0 Å². The number of hydrogen-bond donors (Lipinski definition) is 1. The SMILES string of the molecule is Cc1c(Cl)ncnc1Nc1ccc(C#N)cc1Cl. The fourth-order valence-corrected chi connectivity index (χ4v) is 1.73. The fraction of sp³-hybridized carbons (Fsp3) is 0.0833. The average molecular weight is 279 g/mol. The molecule has 1 heterocycles. The Hall–Kier alpha value is -1.83. The number of nitrogens with zero attached hydrogens (tertiary/aromatic N) is 3. The van der Waals surface area contributed by atoms with Crippen molar-refractivity contribution in [3.63, 3.8) is 0 Å². The second kappa shape index (κ2) is 5.21. The van der Waals surface area contributed by atoms with Gasteiger partial charge in [-0.2, -0.15) is 5.26 Å². The zero-order valence-electron chi connectivity index (χ0n) is 9.41. The van der Waals surface area contributed by atoms with Crippen molar-refractivity contribution >= 4 is 34.7 Å². The summed E-state index contributed by atoms with van der Waals surface area (Å²) in [4.78, 5) is 7.96. The number of aromatic nitrogens is 2. The third-order valence-corrected chi connectivity index (χ3v) is 3.07. The highest BCUT2D eigenvalue weighted by atomic mass is 35.5. The molecule has 0 aliphatic heterocycles. The molecule has 1 aromatic heterocycles. The largest absolute Gasteiger partial charge is 0.339 e. The molecule has 2 rings (SSSR count). The first-order valence-electron chi connectivity index (χ1n) is 5.05. The molecule has 1 aromatic carbocycles. The van der Waals surface area contributed by atoms with Gasteiger partial charge in [0.2, 0.25) is 0 Å². The standard InChI is InChI=1S/C12H8Cl2N4/c1-7-11(14)16-6-17-12(7)18-10-3-2-8(5-15)4-9(10)13/h2-4,6H,1H3,(H,16,17,18). The Morgan fingerprint density at radius 3 is 2.72 bits per heavy atom. The van der Waals surface area contributed by atoms with Crippen molar-refractivity contribution < 1.29 is 0 Å². The van der Waals surface area contributed by atoms with E-state index in [1.807, 2.05) is 13.0 Å². The van der Waals surface area contributed by atoms with Gasteiger partial charge < -0.3 is 5.32 Å². The smallest absolute Gasteiger partial charge is 0.138 e. The van der Waals surface area contributed by atoms with Gasteiger partial charge in [-0.3, -0.25) is 0 Å². The number of hydrogen-bond acceptors (Lipinski definition) is 4. The lowest BCUT2D eigenvalue weighted by Crippen LogP contribution is -1.98. The molecule has 0 radical (unpaired) electrons. The van der Waals surface area contributed by atoms with Gasteiger partial charge in [0.15, 0.2) is 0 Å². The first-order chi connectivity index (χ1) is 8.61. The van der Waals surface area contributed by atoms with E-state index in [2.05, 4.69) is 15.3 Å². The van der Waals surface area contributed by atoms with Crippen LogP contribution in [0.1, 0.15) is 11.1 Å². The lowest BCUT2D eigenvalue weighted by molar-refractivity contribution is 1.13. The monoisotopic (exact) mass is 278 g/mol. The van der Waals surface area contributed by atoms with Gasteiger partial charge in [-0.05, 0) is 25.1 Å². The van der Waals surface area contributed by atoms with Gasteiger partial charge in [-0.15, -0.1) is 0 Å². The Kier molecular flexibility index (Phi) is 3.66. The highest BCUT2D eigenvalue weighted by molar-refractivity contribution is 6.33. The van der Waals surface area contributed by atoms with Gasteiger partial charge in [0.1, 0.15) is 17.3 Å². The molecule has 0 aliphatic rings. The molecule has 18 heavy (non-hydrogen) atoms. The molecule has 4 nitrogen and oxygen atoms in total. The lowest BCUT2D eigenvalue weighted by atomic mass is 10.2. The van der Waals surface area contributed by atoms with Crippen LogP contribution < -0.4 is 5.32 Å². The van der Waals surface area contributed by atoms with Gasteiger partial charge in [-0.1, -0.05) is 23.2 Å². The number of nitriles is 1. The van der Waals surface area contributed by atoms with Gasteiger partial charge in [0.25, 0.3) is 0 Å². The summed E-state index contributed by atoms with van der Waals surface area (Å²) in [7, 11) is 0. The van der Waals surface area contributed by atoms with Crippen LogP contribution in [-0.2, 0) is 0 Å². The summed E-state index contributed by atoms with van der Waals surface area (Å²) in [6, 6.07) is 7.00. The molecule has 0 spiro atoms. The number of anilines is 2. The van der Waals surface area contributed by atoms with Crippen LogP contribution in [0.15, 0.2) is 24.5 Å². The fourth-order valence-electron chi connectivity index (χ4n) is 1.37. The Morgan fingerprint density at radius 2 is 2.06 bits per heavy atom. The third kappa shape index (κ3) is 2.53. The normalized spacial score (nSPS) is 9.89. The molecule has 0 fully saturated rings. The van der Waals surface area contributed by atoms with Crippen molar-refractivity contribution in [3.8, 4) is 6.07 Å². The van der Waals surface area contributed by atoms with Crippen molar-refractivity contribution in [2.24, 2.45) is 0 Å². The Balaban J connectivity index is 2.35. The van der Waals surface area contributed by atoms with E-state index in [1.165, 1.54) is 6.33 Å². The molecule has 0 aliphatic carbocycles. The number of halogens is 2. The van der Waals surface area contributed by atoms with Gasteiger partial charge >= 0.3 is 0 Å². The molecule has 90 valence electrons.